The molecule has 0 fully saturated rings. The van der Waals surface area contributed by atoms with E-state index in [1.807, 2.05) is 18.2 Å². The normalized spacial score (nSPS) is 17.9. The Bertz CT molecular complexity index is 623. The van der Waals surface area contributed by atoms with Crippen LogP contribution >= 0.6 is 11.3 Å². The van der Waals surface area contributed by atoms with Crippen LogP contribution in [0.5, 0.6) is 0 Å². The molecule has 0 radical (unpaired) electrons. The van der Waals surface area contributed by atoms with Crippen molar-refractivity contribution < 1.29 is 4.79 Å². The number of aromatic nitrogens is 3. The number of carbonyl (C=O) groups is 1. The fraction of sp³-hybridized carbons (Fsp3) is 0.286. The molecule has 102 valence electrons. The van der Waals surface area contributed by atoms with E-state index in [0.29, 0.717) is 10.1 Å². The van der Waals surface area contributed by atoms with E-state index >= 15 is 0 Å². The Morgan fingerprint density at radius 2 is 2.25 bits per heavy atom. The molecule has 0 bridgehead atoms. The van der Waals surface area contributed by atoms with Gasteiger partial charge in [0.15, 0.2) is 5.01 Å². The number of nitrogens with one attached hydrogen (secondary N) is 1. The third kappa shape index (κ3) is 2.91. The summed E-state index contributed by atoms with van der Waals surface area (Å²) in [5.41, 5.74) is 0.770. The van der Waals surface area contributed by atoms with Crippen LogP contribution in [0.2, 0.25) is 0 Å². The molecular weight excluding hydrogens is 272 g/mol. The number of hydrogen-bond donors (Lipinski definition) is 1. The third-order valence-electron chi connectivity index (χ3n) is 3.18. The number of pyridine rings is 1. The predicted molar refractivity (Wildman–Crippen MR) is 78.3 cm³/mol. The second kappa shape index (κ2) is 5.92. The van der Waals surface area contributed by atoms with Crippen molar-refractivity contribution in [1.29, 1.82) is 0 Å². The highest BCUT2D eigenvalue weighted by atomic mass is 32.1. The molecule has 5 nitrogen and oxygen atoms in total. The highest BCUT2D eigenvalue weighted by molar-refractivity contribution is 7.18. The lowest BCUT2D eigenvalue weighted by molar-refractivity contribution is -0.120. The second-order valence-electron chi connectivity index (χ2n) is 4.60. The number of carbonyl (C=O) groups excluding carboxylic acids is 1. The molecule has 0 spiro atoms. The molecule has 2 heterocycles. The number of amides is 1. The quantitative estimate of drug-likeness (QED) is 0.881. The number of allylic oxidation sites excluding steroid dienone is 2. The summed E-state index contributed by atoms with van der Waals surface area (Å²) in [6.45, 7) is 0. The number of rotatable bonds is 3. The first-order chi connectivity index (χ1) is 9.83. The first-order valence-electron chi connectivity index (χ1n) is 6.54. The lowest BCUT2D eigenvalue weighted by Crippen LogP contribution is -2.23. The van der Waals surface area contributed by atoms with E-state index < -0.39 is 0 Å². The van der Waals surface area contributed by atoms with Gasteiger partial charge in [-0.05, 0) is 31.4 Å². The van der Waals surface area contributed by atoms with Gasteiger partial charge in [-0.25, -0.2) is 0 Å². The average Bonchev–Trinajstić information content (AvgIpc) is 2.97. The minimum atomic E-state index is 0.0260. The zero-order chi connectivity index (χ0) is 13.8. The Kier molecular flexibility index (Phi) is 3.83. The minimum absolute atomic E-state index is 0.0260. The van der Waals surface area contributed by atoms with Crippen LogP contribution in [0.1, 0.15) is 19.3 Å². The van der Waals surface area contributed by atoms with Crippen molar-refractivity contribution in [3.63, 3.8) is 0 Å². The zero-order valence-corrected chi connectivity index (χ0v) is 11.6. The van der Waals surface area contributed by atoms with Gasteiger partial charge in [-0.1, -0.05) is 29.6 Å². The van der Waals surface area contributed by atoms with Crippen LogP contribution in [0.15, 0.2) is 36.5 Å². The van der Waals surface area contributed by atoms with Crippen molar-refractivity contribution in [2.75, 3.05) is 5.32 Å². The Morgan fingerprint density at radius 3 is 3.00 bits per heavy atom. The van der Waals surface area contributed by atoms with Crippen LogP contribution in [0.25, 0.3) is 10.7 Å². The van der Waals surface area contributed by atoms with Crippen LogP contribution < -0.4 is 5.32 Å². The van der Waals surface area contributed by atoms with E-state index in [9.17, 15) is 4.79 Å². The molecule has 1 aliphatic carbocycles. The van der Waals surface area contributed by atoms with Gasteiger partial charge in [0.25, 0.3) is 0 Å². The highest BCUT2D eigenvalue weighted by Crippen LogP contribution is 2.26. The van der Waals surface area contributed by atoms with E-state index in [1.165, 1.54) is 11.3 Å². The maximum Gasteiger partial charge on any atom is 0.229 e. The summed E-state index contributed by atoms with van der Waals surface area (Å²) < 4.78 is 0. The van der Waals surface area contributed by atoms with E-state index in [2.05, 4.69) is 32.7 Å². The molecule has 1 amide bonds. The van der Waals surface area contributed by atoms with Gasteiger partial charge in [-0.3, -0.25) is 9.78 Å². The molecule has 0 saturated heterocycles. The molecule has 1 aliphatic rings. The van der Waals surface area contributed by atoms with E-state index in [0.717, 1.165) is 25.0 Å². The van der Waals surface area contributed by atoms with E-state index in [4.69, 9.17) is 0 Å². The molecule has 2 aromatic rings. The number of anilines is 1. The predicted octanol–water partition coefficient (Wildman–Crippen LogP) is 2.89. The molecule has 1 atom stereocenters. The maximum absolute atomic E-state index is 12.1. The Labute approximate surface area is 120 Å². The summed E-state index contributed by atoms with van der Waals surface area (Å²) in [4.78, 5) is 16.3. The van der Waals surface area contributed by atoms with E-state index in [1.54, 1.807) is 6.20 Å². The summed E-state index contributed by atoms with van der Waals surface area (Å²) >= 11 is 1.34. The molecule has 20 heavy (non-hydrogen) atoms. The van der Waals surface area contributed by atoms with Gasteiger partial charge in [0.05, 0.1) is 0 Å². The number of hydrogen-bond acceptors (Lipinski definition) is 5. The Balaban J connectivity index is 1.68. The van der Waals surface area contributed by atoms with Crippen molar-refractivity contribution >= 4 is 22.4 Å². The fourth-order valence-corrected chi connectivity index (χ4v) is 2.83. The SMILES string of the molecule is O=C(Nc1nnc(-c2ccccn2)s1)C1CC=CCC1. The molecule has 1 N–H and O–H groups in total. The van der Waals surface area contributed by atoms with Gasteiger partial charge in [-0.15, -0.1) is 10.2 Å². The topological polar surface area (TPSA) is 67.8 Å². The molecule has 3 rings (SSSR count). The molecule has 6 heteroatoms. The summed E-state index contributed by atoms with van der Waals surface area (Å²) in [7, 11) is 0. The van der Waals surface area contributed by atoms with Crippen LogP contribution in [-0.2, 0) is 4.79 Å². The molecule has 2 aromatic heterocycles. The van der Waals surface area contributed by atoms with Gasteiger partial charge in [0.1, 0.15) is 5.69 Å². The van der Waals surface area contributed by atoms with Gasteiger partial charge < -0.3 is 5.32 Å². The van der Waals surface area contributed by atoms with Crippen molar-refractivity contribution in [3.8, 4) is 10.7 Å². The molecule has 0 saturated carbocycles. The standard InChI is InChI=1S/C14H14N4OS/c19-12(10-6-2-1-3-7-10)16-14-18-17-13(20-14)11-8-4-5-9-15-11/h1-2,4-5,8-10H,3,6-7H2,(H,16,18,19). The summed E-state index contributed by atoms with van der Waals surface area (Å²) in [5, 5.41) is 12.2. The zero-order valence-electron chi connectivity index (χ0n) is 10.8. The molecular formula is C14H14N4OS. The van der Waals surface area contributed by atoms with Gasteiger partial charge in [-0.2, -0.15) is 0 Å². The lowest BCUT2D eigenvalue weighted by atomic mass is 9.94. The van der Waals surface area contributed by atoms with E-state index in [-0.39, 0.29) is 11.8 Å². The van der Waals surface area contributed by atoms with Crippen LogP contribution in [-0.4, -0.2) is 21.1 Å². The monoisotopic (exact) mass is 286 g/mol. The smallest absolute Gasteiger partial charge is 0.229 e. The van der Waals surface area contributed by atoms with Crippen LogP contribution in [0, 0.1) is 5.92 Å². The highest BCUT2D eigenvalue weighted by Gasteiger charge is 2.20. The Hall–Kier alpha value is -2.08. The van der Waals surface area contributed by atoms with Crippen molar-refractivity contribution in [3.05, 3.63) is 36.5 Å². The molecule has 0 aliphatic heterocycles. The Morgan fingerprint density at radius 1 is 1.30 bits per heavy atom. The van der Waals surface area contributed by atoms with Gasteiger partial charge in [0, 0.05) is 12.1 Å². The first kappa shape index (κ1) is 12.9. The second-order valence-corrected chi connectivity index (χ2v) is 5.58. The third-order valence-corrected chi connectivity index (χ3v) is 4.04. The first-order valence-corrected chi connectivity index (χ1v) is 7.35. The number of nitrogens with zero attached hydrogens (tertiary/aromatic N) is 3. The molecule has 1 unspecified atom stereocenters. The van der Waals surface area contributed by atoms with Crippen LogP contribution in [0.3, 0.4) is 0 Å². The average molecular weight is 286 g/mol. The maximum atomic E-state index is 12.1. The fourth-order valence-electron chi connectivity index (χ4n) is 2.11. The van der Waals surface area contributed by atoms with Crippen molar-refractivity contribution in [1.82, 2.24) is 15.2 Å². The van der Waals surface area contributed by atoms with Gasteiger partial charge >= 0.3 is 0 Å². The summed E-state index contributed by atoms with van der Waals surface area (Å²) in [6, 6.07) is 5.62. The van der Waals surface area contributed by atoms with Crippen LogP contribution in [0.4, 0.5) is 5.13 Å². The summed E-state index contributed by atoms with van der Waals surface area (Å²) in [5.74, 6) is 0.0697. The minimum Gasteiger partial charge on any atom is -0.300 e. The van der Waals surface area contributed by atoms with Crippen molar-refractivity contribution in [2.45, 2.75) is 19.3 Å². The lowest BCUT2D eigenvalue weighted by Gasteiger charge is -2.15. The summed E-state index contributed by atoms with van der Waals surface area (Å²) in [6.07, 6.45) is 8.56. The van der Waals surface area contributed by atoms with Crippen molar-refractivity contribution in [2.24, 2.45) is 5.92 Å². The van der Waals surface area contributed by atoms with Gasteiger partial charge in [0.2, 0.25) is 11.0 Å². The molecule has 0 aromatic carbocycles. The largest absolute Gasteiger partial charge is 0.300 e.